The number of benzene rings is 2. The molecule has 0 aliphatic heterocycles. The Morgan fingerprint density at radius 1 is 1.11 bits per heavy atom. The number of aliphatic imine (C=N–C) groups is 1. The predicted molar refractivity (Wildman–Crippen MR) is 85.5 cm³/mol. The van der Waals surface area contributed by atoms with Crippen LogP contribution in [0.15, 0.2) is 58.0 Å². The van der Waals surface area contributed by atoms with E-state index in [2.05, 4.69) is 20.9 Å². The molecule has 0 fully saturated rings. The molecule has 0 saturated carbocycles. The first kappa shape index (κ1) is 14.1. The van der Waals surface area contributed by atoms with E-state index in [9.17, 15) is 0 Å². The minimum atomic E-state index is 0.726. The maximum atomic E-state index is 5.92. The predicted octanol–water partition coefficient (Wildman–Crippen LogP) is 4.74. The normalized spacial score (nSPS) is 11.5. The number of halogens is 2. The van der Waals surface area contributed by atoms with Crippen molar-refractivity contribution in [1.82, 2.24) is 4.90 Å². The molecule has 0 aliphatic carbocycles. The molecule has 4 heteroatoms. The summed E-state index contributed by atoms with van der Waals surface area (Å²) in [6.45, 7) is 0. The first-order valence-electron chi connectivity index (χ1n) is 5.84. The van der Waals surface area contributed by atoms with Gasteiger partial charge < -0.3 is 4.90 Å². The largest absolute Gasteiger partial charge is 0.362 e. The summed E-state index contributed by atoms with van der Waals surface area (Å²) in [7, 11) is 3.96. The second kappa shape index (κ2) is 6.22. The van der Waals surface area contributed by atoms with Crippen molar-refractivity contribution >= 4 is 39.1 Å². The SMILES string of the molecule is CN(C)C(=Nc1cccc(Br)c1)c1ccc(Cl)cc1. The molecule has 2 aromatic rings. The molecule has 0 unspecified atom stereocenters. The van der Waals surface area contributed by atoms with Crippen molar-refractivity contribution in [3.8, 4) is 0 Å². The van der Waals surface area contributed by atoms with Gasteiger partial charge in [-0.15, -0.1) is 0 Å². The quantitative estimate of drug-likeness (QED) is 0.571. The number of rotatable bonds is 2. The molecule has 98 valence electrons. The molecule has 0 spiro atoms. The number of hydrogen-bond acceptors (Lipinski definition) is 1. The Labute approximate surface area is 126 Å². The van der Waals surface area contributed by atoms with Crippen molar-refractivity contribution in [3.63, 3.8) is 0 Å². The Kier molecular flexibility index (Phi) is 4.61. The van der Waals surface area contributed by atoms with Crippen LogP contribution in [0, 0.1) is 0 Å². The molecule has 0 aromatic heterocycles. The lowest BCUT2D eigenvalue weighted by atomic mass is 10.2. The van der Waals surface area contributed by atoms with Gasteiger partial charge in [0.15, 0.2) is 0 Å². The van der Waals surface area contributed by atoms with E-state index in [4.69, 9.17) is 11.6 Å². The highest BCUT2D eigenvalue weighted by molar-refractivity contribution is 9.10. The Balaban J connectivity index is 2.43. The van der Waals surface area contributed by atoms with E-state index < -0.39 is 0 Å². The lowest BCUT2D eigenvalue weighted by molar-refractivity contribution is 0.624. The lowest BCUT2D eigenvalue weighted by Crippen LogP contribution is -2.22. The first-order valence-corrected chi connectivity index (χ1v) is 7.01. The average molecular weight is 338 g/mol. The molecule has 0 bridgehead atoms. The van der Waals surface area contributed by atoms with Crippen LogP contribution in [0.3, 0.4) is 0 Å². The standard InChI is InChI=1S/C15H14BrClN2/c1-19(2)15(11-6-8-13(17)9-7-11)18-14-5-3-4-12(16)10-14/h3-10H,1-2H3. The maximum Gasteiger partial charge on any atom is 0.136 e. The van der Waals surface area contributed by atoms with Crippen molar-refractivity contribution in [2.24, 2.45) is 4.99 Å². The molecule has 2 rings (SSSR count). The van der Waals surface area contributed by atoms with E-state index in [0.29, 0.717) is 0 Å². The summed E-state index contributed by atoms with van der Waals surface area (Å²) in [6, 6.07) is 15.6. The fraction of sp³-hybridized carbons (Fsp3) is 0.133. The van der Waals surface area contributed by atoms with Gasteiger partial charge >= 0.3 is 0 Å². The minimum absolute atomic E-state index is 0.726. The summed E-state index contributed by atoms with van der Waals surface area (Å²) in [5, 5.41) is 0.726. The van der Waals surface area contributed by atoms with Crippen molar-refractivity contribution in [1.29, 1.82) is 0 Å². The molecule has 0 atom stereocenters. The zero-order chi connectivity index (χ0) is 13.8. The van der Waals surface area contributed by atoms with E-state index in [1.165, 1.54) is 0 Å². The Morgan fingerprint density at radius 2 is 1.79 bits per heavy atom. The van der Waals surface area contributed by atoms with Crippen LogP contribution in [0.5, 0.6) is 0 Å². The molecule has 0 saturated heterocycles. The van der Waals surface area contributed by atoms with Crippen molar-refractivity contribution in [2.45, 2.75) is 0 Å². The monoisotopic (exact) mass is 336 g/mol. The van der Waals surface area contributed by atoms with E-state index in [1.807, 2.05) is 67.5 Å². The summed E-state index contributed by atoms with van der Waals surface area (Å²) in [5.74, 6) is 0.898. The second-order valence-corrected chi connectivity index (χ2v) is 5.67. The summed E-state index contributed by atoms with van der Waals surface area (Å²) < 4.78 is 1.02. The second-order valence-electron chi connectivity index (χ2n) is 4.32. The highest BCUT2D eigenvalue weighted by Gasteiger charge is 2.06. The first-order chi connectivity index (χ1) is 9.06. The molecule has 0 amide bonds. The van der Waals surface area contributed by atoms with Gasteiger partial charge in [0.05, 0.1) is 5.69 Å². The number of amidine groups is 1. The van der Waals surface area contributed by atoms with Crippen LogP contribution in [0.1, 0.15) is 5.56 Å². The summed E-state index contributed by atoms with van der Waals surface area (Å²) >= 11 is 9.37. The van der Waals surface area contributed by atoms with Crippen LogP contribution in [0.4, 0.5) is 5.69 Å². The van der Waals surface area contributed by atoms with Gasteiger partial charge in [0, 0.05) is 29.2 Å². The molecule has 2 nitrogen and oxygen atoms in total. The van der Waals surface area contributed by atoms with Crippen LogP contribution < -0.4 is 0 Å². The van der Waals surface area contributed by atoms with Crippen molar-refractivity contribution < 1.29 is 0 Å². The Morgan fingerprint density at radius 3 is 2.37 bits per heavy atom. The Bertz CT molecular complexity index is 591. The van der Waals surface area contributed by atoms with Crippen LogP contribution in [0.2, 0.25) is 5.02 Å². The summed E-state index contributed by atoms with van der Waals surface area (Å²) in [4.78, 5) is 6.68. The van der Waals surface area contributed by atoms with Gasteiger partial charge in [-0.2, -0.15) is 0 Å². The molecule has 0 aliphatic rings. The number of hydrogen-bond donors (Lipinski definition) is 0. The third-order valence-electron chi connectivity index (χ3n) is 2.57. The molecule has 0 heterocycles. The molecule has 2 aromatic carbocycles. The van der Waals surface area contributed by atoms with Gasteiger partial charge in [-0.25, -0.2) is 4.99 Å². The Hall–Kier alpha value is -1.32. The van der Waals surface area contributed by atoms with Gasteiger partial charge in [-0.3, -0.25) is 0 Å². The smallest absolute Gasteiger partial charge is 0.136 e. The van der Waals surface area contributed by atoms with Crippen molar-refractivity contribution in [2.75, 3.05) is 14.1 Å². The highest BCUT2D eigenvalue weighted by atomic mass is 79.9. The zero-order valence-electron chi connectivity index (χ0n) is 10.8. The third-order valence-corrected chi connectivity index (χ3v) is 3.31. The third kappa shape index (κ3) is 3.82. The van der Waals surface area contributed by atoms with Gasteiger partial charge in [-0.05, 0) is 42.5 Å². The van der Waals surface area contributed by atoms with E-state index in [0.717, 1.165) is 26.6 Å². The fourth-order valence-electron chi connectivity index (χ4n) is 1.69. The zero-order valence-corrected chi connectivity index (χ0v) is 13.1. The average Bonchev–Trinajstić information content (AvgIpc) is 2.37. The van der Waals surface area contributed by atoms with Crippen LogP contribution >= 0.6 is 27.5 Å². The molecular formula is C15H14BrClN2. The molecule has 0 radical (unpaired) electrons. The summed E-state index contributed by atoms with van der Waals surface area (Å²) in [5.41, 5.74) is 1.95. The van der Waals surface area contributed by atoms with Gasteiger partial charge in [-0.1, -0.05) is 33.6 Å². The molecular weight excluding hydrogens is 324 g/mol. The van der Waals surface area contributed by atoms with Gasteiger partial charge in [0.1, 0.15) is 5.84 Å². The van der Waals surface area contributed by atoms with E-state index >= 15 is 0 Å². The number of nitrogens with zero attached hydrogens (tertiary/aromatic N) is 2. The van der Waals surface area contributed by atoms with Gasteiger partial charge in [0.25, 0.3) is 0 Å². The maximum absolute atomic E-state index is 5.92. The summed E-state index contributed by atoms with van der Waals surface area (Å²) in [6.07, 6.45) is 0. The van der Waals surface area contributed by atoms with Crippen LogP contribution in [-0.2, 0) is 0 Å². The van der Waals surface area contributed by atoms with Crippen LogP contribution in [0.25, 0.3) is 0 Å². The fourth-order valence-corrected chi connectivity index (χ4v) is 2.20. The topological polar surface area (TPSA) is 15.6 Å². The van der Waals surface area contributed by atoms with E-state index in [-0.39, 0.29) is 0 Å². The van der Waals surface area contributed by atoms with E-state index in [1.54, 1.807) is 0 Å². The van der Waals surface area contributed by atoms with Crippen molar-refractivity contribution in [3.05, 3.63) is 63.6 Å². The van der Waals surface area contributed by atoms with Crippen LogP contribution in [-0.4, -0.2) is 24.8 Å². The highest BCUT2D eigenvalue weighted by Crippen LogP contribution is 2.20. The molecule has 19 heavy (non-hydrogen) atoms. The minimum Gasteiger partial charge on any atom is -0.362 e. The lowest BCUT2D eigenvalue weighted by Gasteiger charge is -2.16. The van der Waals surface area contributed by atoms with Gasteiger partial charge in [0.2, 0.25) is 0 Å². The molecule has 0 N–H and O–H groups in total.